The zero-order chi connectivity index (χ0) is 24.2. The molecule has 1 aliphatic rings. The lowest BCUT2D eigenvalue weighted by molar-refractivity contribution is 0.192. The summed E-state index contributed by atoms with van der Waals surface area (Å²) >= 11 is 5.98. The normalized spacial score (nSPS) is 13.7. The molecule has 6 nitrogen and oxygen atoms in total. The van der Waals surface area contributed by atoms with Gasteiger partial charge in [0, 0.05) is 30.3 Å². The van der Waals surface area contributed by atoms with Crippen LogP contribution < -0.4 is 15.5 Å². The molecule has 2 N–H and O–H groups in total. The fraction of sp³-hybridized carbons (Fsp3) is 0.200. The largest absolute Gasteiger partial charge is 0.324 e. The molecule has 1 fully saturated rings. The van der Waals surface area contributed by atoms with Gasteiger partial charge < -0.3 is 15.5 Å². The Morgan fingerprint density at radius 2 is 1.82 bits per heavy atom. The summed E-state index contributed by atoms with van der Waals surface area (Å²) in [5, 5.41) is 6.04. The number of anilines is 3. The van der Waals surface area contributed by atoms with Crippen molar-refractivity contribution in [2.75, 3.05) is 28.6 Å². The Balaban J connectivity index is 1.53. The smallest absolute Gasteiger partial charge is 0.320 e. The van der Waals surface area contributed by atoms with Crippen LogP contribution >= 0.6 is 11.6 Å². The number of nitrogens with zero attached hydrogens (tertiary/aromatic N) is 2. The van der Waals surface area contributed by atoms with E-state index in [4.69, 9.17) is 11.6 Å². The second-order valence-electron chi connectivity index (χ2n) is 8.07. The van der Waals surface area contributed by atoms with E-state index in [1.54, 1.807) is 46.2 Å². The molecule has 1 saturated heterocycles. The van der Waals surface area contributed by atoms with Gasteiger partial charge in [-0.1, -0.05) is 29.8 Å². The molecule has 0 radical (unpaired) electrons. The third kappa shape index (κ3) is 5.46. The van der Waals surface area contributed by atoms with Crippen LogP contribution in [0.3, 0.4) is 0 Å². The Labute approximate surface area is 201 Å². The quantitative estimate of drug-likeness (QED) is 0.440. The predicted octanol–water partition coefficient (Wildman–Crippen LogP) is 6.40. The average Bonchev–Trinajstić information content (AvgIpc) is 2.78. The van der Waals surface area contributed by atoms with Gasteiger partial charge in [-0.15, -0.1) is 0 Å². The van der Waals surface area contributed by atoms with E-state index in [-0.39, 0.29) is 12.6 Å². The van der Waals surface area contributed by atoms with Gasteiger partial charge in [-0.05, 0) is 66.9 Å². The topological polar surface area (TPSA) is 64.7 Å². The van der Waals surface area contributed by atoms with E-state index < -0.39 is 17.7 Å². The molecule has 3 aromatic rings. The molecule has 176 valence electrons. The van der Waals surface area contributed by atoms with Gasteiger partial charge in [0.1, 0.15) is 0 Å². The number of aryl methyl sites for hydroxylation is 1. The number of rotatable bonds is 5. The second kappa shape index (κ2) is 10.1. The number of amides is 4. The molecule has 3 aromatic carbocycles. The van der Waals surface area contributed by atoms with Crippen molar-refractivity contribution in [3.8, 4) is 0 Å². The van der Waals surface area contributed by atoms with Gasteiger partial charge in [-0.2, -0.15) is 0 Å². The summed E-state index contributed by atoms with van der Waals surface area (Å²) in [6.07, 6.45) is 0.678. The van der Waals surface area contributed by atoms with Gasteiger partial charge in [0.05, 0.1) is 11.4 Å². The van der Waals surface area contributed by atoms with Crippen molar-refractivity contribution in [3.63, 3.8) is 0 Å². The van der Waals surface area contributed by atoms with E-state index in [0.29, 0.717) is 47.2 Å². The molecular formula is C25H23ClF2N4O2. The lowest BCUT2D eigenvalue weighted by Gasteiger charge is -2.36. The van der Waals surface area contributed by atoms with Crippen molar-refractivity contribution in [2.24, 2.45) is 0 Å². The third-order valence-electron chi connectivity index (χ3n) is 5.44. The van der Waals surface area contributed by atoms with Gasteiger partial charge in [0.15, 0.2) is 11.6 Å². The molecule has 0 bridgehead atoms. The lowest BCUT2D eigenvalue weighted by Crippen LogP contribution is -2.49. The maximum Gasteiger partial charge on any atom is 0.324 e. The standard InChI is InChI=1S/C25H23ClF2N4O2/c1-16-6-9-23(22(12-16)30-24(33)29-19-5-2-4-18(26)14-19)32-11-3-10-31(25(32)34)15-17-7-8-20(27)21(28)13-17/h2,4-9,12-14H,3,10-11,15H2,1H3,(H2,29,30,33). The van der Waals surface area contributed by atoms with Crippen LogP contribution in [0.4, 0.5) is 35.4 Å². The third-order valence-corrected chi connectivity index (χ3v) is 5.68. The number of hydrogen-bond acceptors (Lipinski definition) is 2. The molecule has 0 unspecified atom stereocenters. The fourth-order valence-electron chi connectivity index (χ4n) is 3.85. The van der Waals surface area contributed by atoms with Crippen molar-refractivity contribution in [3.05, 3.63) is 88.4 Å². The van der Waals surface area contributed by atoms with Crippen molar-refractivity contribution < 1.29 is 18.4 Å². The summed E-state index contributed by atoms with van der Waals surface area (Å²) in [7, 11) is 0. The van der Waals surface area contributed by atoms with Crippen LogP contribution in [0.25, 0.3) is 0 Å². The summed E-state index contributed by atoms with van der Waals surface area (Å²) in [6, 6.07) is 15.1. The van der Waals surface area contributed by atoms with Crippen LogP contribution in [0.2, 0.25) is 5.02 Å². The van der Waals surface area contributed by atoms with Crippen LogP contribution in [0.5, 0.6) is 0 Å². The lowest BCUT2D eigenvalue weighted by atomic mass is 10.1. The van der Waals surface area contributed by atoms with E-state index >= 15 is 0 Å². The first kappa shape index (κ1) is 23.5. The maximum absolute atomic E-state index is 13.6. The highest BCUT2D eigenvalue weighted by Crippen LogP contribution is 2.31. The molecule has 0 spiro atoms. The van der Waals surface area contributed by atoms with E-state index in [1.165, 1.54) is 6.07 Å². The average molecular weight is 485 g/mol. The highest BCUT2D eigenvalue weighted by atomic mass is 35.5. The molecule has 0 aliphatic carbocycles. The molecule has 34 heavy (non-hydrogen) atoms. The second-order valence-corrected chi connectivity index (χ2v) is 8.50. The maximum atomic E-state index is 13.6. The summed E-state index contributed by atoms with van der Waals surface area (Å²) < 4.78 is 26.9. The minimum Gasteiger partial charge on any atom is -0.320 e. The zero-order valence-corrected chi connectivity index (χ0v) is 19.2. The number of benzene rings is 3. The highest BCUT2D eigenvalue weighted by Gasteiger charge is 2.29. The Kier molecular flexibility index (Phi) is 6.98. The number of carbonyl (C=O) groups is 2. The van der Waals surface area contributed by atoms with E-state index in [0.717, 1.165) is 17.7 Å². The molecule has 4 amide bonds. The monoisotopic (exact) mass is 484 g/mol. The van der Waals surface area contributed by atoms with Gasteiger partial charge in [0.2, 0.25) is 0 Å². The van der Waals surface area contributed by atoms with E-state index in [1.807, 2.05) is 13.0 Å². The minimum atomic E-state index is -0.949. The van der Waals surface area contributed by atoms with Gasteiger partial charge >= 0.3 is 12.1 Å². The zero-order valence-electron chi connectivity index (χ0n) is 18.4. The summed E-state index contributed by atoms with van der Waals surface area (Å²) in [6.45, 7) is 2.98. The summed E-state index contributed by atoms with van der Waals surface area (Å²) in [4.78, 5) is 29.1. The van der Waals surface area contributed by atoms with Crippen molar-refractivity contribution in [1.82, 2.24) is 4.90 Å². The Hall–Kier alpha value is -3.65. The first-order valence-electron chi connectivity index (χ1n) is 10.7. The van der Waals surface area contributed by atoms with Crippen LogP contribution in [-0.2, 0) is 6.54 Å². The molecule has 0 saturated carbocycles. The Morgan fingerprint density at radius 1 is 1.00 bits per heavy atom. The van der Waals surface area contributed by atoms with Crippen molar-refractivity contribution in [1.29, 1.82) is 0 Å². The molecule has 0 atom stereocenters. The molecule has 1 aliphatic heterocycles. The van der Waals surface area contributed by atoms with Crippen molar-refractivity contribution >= 4 is 40.7 Å². The van der Waals surface area contributed by atoms with Gasteiger partial charge in [-0.3, -0.25) is 4.90 Å². The SMILES string of the molecule is Cc1ccc(N2CCCN(Cc3ccc(F)c(F)c3)C2=O)c(NC(=O)Nc2cccc(Cl)c2)c1. The van der Waals surface area contributed by atoms with Crippen LogP contribution in [0.1, 0.15) is 17.5 Å². The van der Waals surface area contributed by atoms with Gasteiger partial charge in [-0.25, -0.2) is 18.4 Å². The Morgan fingerprint density at radius 3 is 2.59 bits per heavy atom. The first-order valence-corrected chi connectivity index (χ1v) is 11.1. The minimum absolute atomic E-state index is 0.149. The Bertz CT molecular complexity index is 1240. The number of urea groups is 2. The highest BCUT2D eigenvalue weighted by molar-refractivity contribution is 6.30. The molecule has 0 aromatic heterocycles. The number of hydrogen-bond donors (Lipinski definition) is 2. The van der Waals surface area contributed by atoms with Gasteiger partial charge in [0.25, 0.3) is 0 Å². The van der Waals surface area contributed by atoms with Crippen LogP contribution in [0, 0.1) is 18.6 Å². The first-order chi connectivity index (χ1) is 16.3. The number of nitrogens with one attached hydrogen (secondary N) is 2. The number of carbonyl (C=O) groups excluding carboxylic acids is 2. The van der Waals surface area contributed by atoms with Crippen LogP contribution in [0.15, 0.2) is 60.7 Å². The number of halogens is 3. The van der Waals surface area contributed by atoms with Crippen molar-refractivity contribution in [2.45, 2.75) is 19.9 Å². The molecular weight excluding hydrogens is 462 g/mol. The fourth-order valence-corrected chi connectivity index (χ4v) is 4.04. The predicted molar refractivity (Wildman–Crippen MR) is 129 cm³/mol. The molecule has 1 heterocycles. The van der Waals surface area contributed by atoms with Crippen LogP contribution in [-0.4, -0.2) is 30.1 Å². The van der Waals surface area contributed by atoms with E-state index in [2.05, 4.69) is 10.6 Å². The van der Waals surface area contributed by atoms with E-state index in [9.17, 15) is 18.4 Å². The summed E-state index contributed by atoms with van der Waals surface area (Å²) in [5.41, 5.74) is 2.96. The molecule has 9 heteroatoms. The molecule has 4 rings (SSSR count). The summed E-state index contributed by atoms with van der Waals surface area (Å²) in [5.74, 6) is -1.88.